The average Bonchev–Trinajstić information content (AvgIpc) is 2.40. The molecule has 0 aliphatic heterocycles. The fraction of sp³-hybridized carbons (Fsp3) is 0.200. The molecule has 2 aromatic carbocycles. The lowest BCUT2D eigenvalue weighted by Crippen LogP contribution is -2.01. The first-order valence-corrected chi connectivity index (χ1v) is 6.56. The van der Waals surface area contributed by atoms with Crippen molar-refractivity contribution in [2.24, 2.45) is 0 Å². The van der Waals surface area contributed by atoms with Crippen molar-refractivity contribution >= 4 is 23.2 Å². The molecule has 1 unspecified atom stereocenters. The van der Waals surface area contributed by atoms with Crippen LogP contribution in [-0.4, -0.2) is 12.2 Å². The molecule has 2 rings (SSSR count). The first-order valence-electron chi connectivity index (χ1n) is 5.80. The number of hydrogen-bond acceptors (Lipinski definition) is 2. The van der Waals surface area contributed by atoms with E-state index in [1.54, 1.807) is 12.1 Å². The molecule has 4 heteroatoms. The summed E-state index contributed by atoms with van der Waals surface area (Å²) in [5, 5.41) is 11.3. The Balaban J connectivity index is 2.44. The van der Waals surface area contributed by atoms with Gasteiger partial charge < -0.3 is 9.84 Å². The number of aliphatic hydroxyl groups is 1. The van der Waals surface area contributed by atoms with Gasteiger partial charge in [-0.1, -0.05) is 53.0 Å². The summed E-state index contributed by atoms with van der Waals surface area (Å²) in [5.41, 5.74) is 2.42. The molecule has 0 saturated heterocycles. The van der Waals surface area contributed by atoms with Crippen molar-refractivity contribution in [3.63, 3.8) is 0 Å². The van der Waals surface area contributed by atoms with E-state index in [9.17, 15) is 5.11 Å². The molecule has 0 radical (unpaired) electrons. The maximum Gasteiger partial charge on any atom is 0.138 e. The Hall–Kier alpha value is -1.22. The van der Waals surface area contributed by atoms with E-state index in [1.165, 1.54) is 7.11 Å². The minimum absolute atomic E-state index is 0.425. The highest BCUT2D eigenvalue weighted by Gasteiger charge is 2.17. The molecular weight excluding hydrogens is 283 g/mol. The zero-order valence-electron chi connectivity index (χ0n) is 10.7. The van der Waals surface area contributed by atoms with Gasteiger partial charge in [-0.15, -0.1) is 0 Å². The highest BCUT2D eigenvalue weighted by Crippen LogP contribution is 2.36. The largest absolute Gasteiger partial charge is 0.495 e. The standard InChI is InChI=1S/C15H14Cl2O2/c1-9-4-3-5-10(6-9)15(18)11-7-13(17)14(19-2)8-12(11)16/h3-8,15,18H,1-2H3. The molecule has 0 fully saturated rings. The monoisotopic (exact) mass is 296 g/mol. The summed E-state index contributed by atoms with van der Waals surface area (Å²) in [7, 11) is 1.52. The fourth-order valence-corrected chi connectivity index (χ4v) is 2.44. The average molecular weight is 297 g/mol. The van der Waals surface area contributed by atoms with Crippen LogP contribution in [0.5, 0.6) is 5.75 Å². The third kappa shape index (κ3) is 3.03. The van der Waals surface area contributed by atoms with E-state index in [-0.39, 0.29) is 0 Å². The van der Waals surface area contributed by atoms with Crippen LogP contribution in [0.3, 0.4) is 0 Å². The summed E-state index contributed by atoms with van der Waals surface area (Å²) in [6.45, 7) is 1.97. The predicted octanol–water partition coefficient (Wildman–Crippen LogP) is 4.39. The molecule has 0 aromatic heterocycles. The topological polar surface area (TPSA) is 29.5 Å². The molecule has 2 aromatic rings. The van der Waals surface area contributed by atoms with Gasteiger partial charge in [0, 0.05) is 11.6 Å². The summed E-state index contributed by atoms with van der Waals surface area (Å²) in [6.07, 6.45) is -0.809. The molecule has 19 heavy (non-hydrogen) atoms. The molecule has 2 nitrogen and oxygen atoms in total. The first kappa shape index (κ1) is 14.2. The molecular formula is C15H14Cl2O2. The minimum Gasteiger partial charge on any atom is -0.495 e. The van der Waals surface area contributed by atoms with Crippen LogP contribution in [0.4, 0.5) is 0 Å². The Morgan fingerprint density at radius 2 is 1.84 bits per heavy atom. The van der Waals surface area contributed by atoms with Crippen molar-refractivity contribution in [3.05, 3.63) is 63.1 Å². The number of aliphatic hydroxyl groups excluding tert-OH is 1. The highest BCUT2D eigenvalue weighted by molar-refractivity contribution is 6.34. The number of benzene rings is 2. The van der Waals surface area contributed by atoms with Gasteiger partial charge in [-0.05, 0) is 18.6 Å². The zero-order valence-corrected chi connectivity index (χ0v) is 12.2. The summed E-state index contributed by atoms with van der Waals surface area (Å²) >= 11 is 12.2. The van der Waals surface area contributed by atoms with Gasteiger partial charge in [-0.3, -0.25) is 0 Å². The van der Waals surface area contributed by atoms with Crippen molar-refractivity contribution in [2.45, 2.75) is 13.0 Å². The van der Waals surface area contributed by atoms with Crippen molar-refractivity contribution in [3.8, 4) is 5.75 Å². The lowest BCUT2D eigenvalue weighted by atomic mass is 10.00. The van der Waals surface area contributed by atoms with Crippen molar-refractivity contribution in [1.29, 1.82) is 0 Å². The first-order chi connectivity index (χ1) is 9.02. The molecule has 1 N–H and O–H groups in total. The van der Waals surface area contributed by atoms with Crippen LogP contribution in [0.25, 0.3) is 0 Å². The van der Waals surface area contributed by atoms with Crippen LogP contribution < -0.4 is 4.74 Å². The molecule has 0 saturated carbocycles. The third-order valence-electron chi connectivity index (χ3n) is 2.92. The van der Waals surface area contributed by atoms with Gasteiger partial charge in [0.1, 0.15) is 11.9 Å². The smallest absolute Gasteiger partial charge is 0.138 e. The molecule has 0 aliphatic carbocycles. The lowest BCUT2D eigenvalue weighted by molar-refractivity contribution is 0.220. The van der Waals surface area contributed by atoms with Crippen LogP contribution in [0, 0.1) is 6.92 Å². The van der Waals surface area contributed by atoms with Crippen molar-refractivity contribution in [2.75, 3.05) is 7.11 Å². The number of rotatable bonds is 3. The number of aryl methyl sites for hydroxylation is 1. The second kappa shape index (κ2) is 5.83. The molecule has 1 atom stereocenters. The van der Waals surface area contributed by atoms with Gasteiger partial charge in [0.05, 0.1) is 17.2 Å². The maximum atomic E-state index is 10.4. The van der Waals surface area contributed by atoms with Crippen molar-refractivity contribution in [1.82, 2.24) is 0 Å². The Morgan fingerprint density at radius 3 is 2.47 bits per heavy atom. The Bertz CT molecular complexity index is 597. The van der Waals surface area contributed by atoms with Crippen LogP contribution in [-0.2, 0) is 0 Å². The molecule has 0 bridgehead atoms. The highest BCUT2D eigenvalue weighted by atomic mass is 35.5. The number of hydrogen-bond donors (Lipinski definition) is 1. The maximum absolute atomic E-state index is 10.4. The Kier molecular flexibility index (Phi) is 4.35. The third-order valence-corrected chi connectivity index (χ3v) is 3.55. The van der Waals surface area contributed by atoms with E-state index in [1.807, 2.05) is 31.2 Å². The van der Waals surface area contributed by atoms with Gasteiger partial charge in [-0.25, -0.2) is 0 Å². The molecule has 100 valence electrons. The van der Waals surface area contributed by atoms with Crippen LogP contribution in [0.1, 0.15) is 22.8 Å². The van der Waals surface area contributed by atoms with Gasteiger partial charge in [0.15, 0.2) is 0 Å². The van der Waals surface area contributed by atoms with E-state index < -0.39 is 6.10 Å². The Morgan fingerprint density at radius 1 is 1.11 bits per heavy atom. The van der Waals surface area contributed by atoms with Crippen LogP contribution in [0.15, 0.2) is 36.4 Å². The summed E-state index contributed by atoms with van der Waals surface area (Å²) in [6, 6.07) is 10.9. The Labute approximate surface area is 122 Å². The van der Waals surface area contributed by atoms with Gasteiger partial charge in [-0.2, -0.15) is 0 Å². The van der Waals surface area contributed by atoms with Gasteiger partial charge in [0.2, 0.25) is 0 Å². The second-order valence-electron chi connectivity index (χ2n) is 4.32. The van der Waals surface area contributed by atoms with E-state index in [2.05, 4.69) is 0 Å². The van der Waals surface area contributed by atoms with Crippen molar-refractivity contribution < 1.29 is 9.84 Å². The zero-order chi connectivity index (χ0) is 14.0. The van der Waals surface area contributed by atoms with E-state index in [0.29, 0.717) is 21.4 Å². The lowest BCUT2D eigenvalue weighted by Gasteiger charge is -2.15. The number of halogens is 2. The summed E-state index contributed by atoms with van der Waals surface area (Å²) in [5.74, 6) is 0.492. The minimum atomic E-state index is -0.809. The summed E-state index contributed by atoms with van der Waals surface area (Å²) < 4.78 is 5.09. The second-order valence-corrected chi connectivity index (χ2v) is 5.14. The predicted molar refractivity (Wildman–Crippen MR) is 78.3 cm³/mol. The molecule has 0 spiro atoms. The normalized spacial score (nSPS) is 12.3. The fourth-order valence-electron chi connectivity index (χ4n) is 1.93. The van der Waals surface area contributed by atoms with Crippen LogP contribution >= 0.6 is 23.2 Å². The number of methoxy groups -OCH3 is 1. The van der Waals surface area contributed by atoms with Gasteiger partial charge >= 0.3 is 0 Å². The SMILES string of the molecule is COc1cc(Cl)c(C(O)c2cccc(C)c2)cc1Cl. The van der Waals surface area contributed by atoms with Gasteiger partial charge in [0.25, 0.3) is 0 Å². The van der Waals surface area contributed by atoms with E-state index in [4.69, 9.17) is 27.9 Å². The summed E-state index contributed by atoms with van der Waals surface area (Å²) in [4.78, 5) is 0. The molecule has 0 aliphatic rings. The van der Waals surface area contributed by atoms with E-state index in [0.717, 1.165) is 11.1 Å². The molecule has 0 heterocycles. The molecule has 0 amide bonds. The number of ether oxygens (including phenoxy) is 1. The van der Waals surface area contributed by atoms with Crippen LogP contribution in [0.2, 0.25) is 10.0 Å². The van der Waals surface area contributed by atoms with E-state index >= 15 is 0 Å². The quantitative estimate of drug-likeness (QED) is 0.910.